The van der Waals surface area contributed by atoms with Crippen LogP contribution in [-0.2, 0) is 6.18 Å². The van der Waals surface area contributed by atoms with Crippen LogP contribution >= 0.6 is 15.9 Å². The molecule has 0 atom stereocenters. The molecule has 0 spiro atoms. The fourth-order valence-corrected chi connectivity index (χ4v) is 2.47. The molecule has 2 N–H and O–H groups in total. The van der Waals surface area contributed by atoms with Crippen molar-refractivity contribution in [1.29, 1.82) is 5.26 Å². The van der Waals surface area contributed by atoms with E-state index in [-0.39, 0.29) is 17.2 Å². The maximum Gasteiger partial charge on any atom is 0.417 e. The summed E-state index contributed by atoms with van der Waals surface area (Å²) in [7, 11) is 0. The van der Waals surface area contributed by atoms with E-state index in [1.165, 1.54) is 0 Å². The van der Waals surface area contributed by atoms with Crippen LogP contribution in [0.4, 0.5) is 19.0 Å². The number of halogens is 4. The summed E-state index contributed by atoms with van der Waals surface area (Å²) in [5.74, 6) is 0.0954. The lowest BCUT2D eigenvalue weighted by Gasteiger charge is -2.07. The van der Waals surface area contributed by atoms with Gasteiger partial charge in [-0.2, -0.15) is 28.2 Å². The van der Waals surface area contributed by atoms with E-state index in [0.29, 0.717) is 17.5 Å². The second-order valence-electron chi connectivity index (χ2n) is 5.04. The molecule has 0 aliphatic heterocycles. The van der Waals surface area contributed by atoms with Crippen molar-refractivity contribution in [2.24, 2.45) is 0 Å². The first-order valence-corrected chi connectivity index (χ1v) is 7.68. The summed E-state index contributed by atoms with van der Waals surface area (Å²) in [6, 6.07) is 11.1. The van der Waals surface area contributed by atoms with Crippen LogP contribution in [0.5, 0.6) is 0 Å². The molecule has 3 rings (SSSR count). The molecule has 2 heterocycles. The van der Waals surface area contributed by atoms with Gasteiger partial charge in [0.15, 0.2) is 5.82 Å². The summed E-state index contributed by atoms with van der Waals surface area (Å²) in [5, 5.41) is 13.6. The number of nitrogens with zero attached hydrogens (tertiary/aromatic N) is 4. The summed E-state index contributed by atoms with van der Waals surface area (Å²) in [4.78, 5) is 3.76. The zero-order valence-corrected chi connectivity index (χ0v) is 14.0. The van der Waals surface area contributed by atoms with Crippen molar-refractivity contribution in [3.8, 4) is 23.1 Å². The van der Waals surface area contributed by atoms with Crippen LogP contribution < -0.4 is 5.73 Å². The van der Waals surface area contributed by atoms with Crippen molar-refractivity contribution in [3.63, 3.8) is 0 Å². The molecule has 126 valence electrons. The van der Waals surface area contributed by atoms with Crippen LogP contribution in [0.25, 0.3) is 17.1 Å². The van der Waals surface area contributed by atoms with Crippen molar-refractivity contribution in [2.45, 2.75) is 6.18 Å². The predicted octanol–water partition coefficient (Wildman–Crippen LogP) is 4.17. The van der Waals surface area contributed by atoms with Crippen molar-refractivity contribution in [1.82, 2.24) is 14.8 Å². The predicted molar refractivity (Wildman–Crippen MR) is 88.6 cm³/mol. The van der Waals surface area contributed by atoms with Gasteiger partial charge in [-0.25, -0.2) is 4.98 Å². The summed E-state index contributed by atoms with van der Waals surface area (Å²) < 4.78 is 39.9. The minimum absolute atomic E-state index is 0.00711. The van der Waals surface area contributed by atoms with E-state index in [2.05, 4.69) is 26.0 Å². The lowest BCUT2D eigenvalue weighted by Crippen LogP contribution is -2.08. The lowest BCUT2D eigenvalue weighted by atomic mass is 10.1. The molecule has 25 heavy (non-hydrogen) atoms. The first-order chi connectivity index (χ1) is 11.8. The second kappa shape index (κ2) is 6.22. The summed E-state index contributed by atoms with van der Waals surface area (Å²) in [6.07, 6.45) is -3.79. The van der Waals surface area contributed by atoms with Gasteiger partial charge in [0.05, 0.1) is 5.56 Å². The van der Waals surface area contributed by atoms with E-state index in [1.54, 1.807) is 24.3 Å². The number of anilines is 1. The van der Waals surface area contributed by atoms with E-state index in [1.807, 2.05) is 6.07 Å². The number of benzene rings is 1. The third-order valence-corrected chi connectivity index (χ3v) is 3.97. The van der Waals surface area contributed by atoms with Gasteiger partial charge in [-0.15, -0.1) is 0 Å². The lowest BCUT2D eigenvalue weighted by molar-refractivity contribution is -0.137. The molecule has 0 aliphatic carbocycles. The molecule has 5 nitrogen and oxygen atoms in total. The zero-order chi connectivity index (χ0) is 18.2. The average molecular weight is 408 g/mol. The van der Waals surface area contributed by atoms with Gasteiger partial charge in [-0.1, -0.05) is 28.1 Å². The molecule has 1 aromatic carbocycles. The molecular formula is C16H9BrF3N5. The molecular weight excluding hydrogens is 399 g/mol. The van der Waals surface area contributed by atoms with Gasteiger partial charge in [-0.3, -0.25) is 0 Å². The van der Waals surface area contributed by atoms with Gasteiger partial charge < -0.3 is 5.73 Å². The monoisotopic (exact) mass is 407 g/mol. The van der Waals surface area contributed by atoms with Crippen LogP contribution in [0.2, 0.25) is 0 Å². The molecule has 2 aromatic heterocycles. The van der Waals surface area contributed by atoms with Crippen LogP contribution in [0.1, 0.15) is 11.1 Å². The Morgan fingerprint density at radius 3 is 2.32 bits per heavy atom. The minimum Gasteiger partial charge on any atom is -0.382 e. The summed E-state index contributed by atoms with van der Waals surface area (Å²) in [5.41, 5.74) is 6.17. The van der Waals surface area contributed by atoms with Gasteiger partial charge in [0.25, 0.3) is 0 Å². The molecule has 0 aliphatic rings. The number of nitriles is 1. The number of rotatable bonds is 2. The zero-order valence-electron chi connectivity index (χ0n) is 12.4. The second-order valence-corrected chi connectivity index (χ2v) is 5.96. The normalized spacial score (nSPS) is 11.3. The van der Waals surface area contributed by atoms with E-state index in [0.717, 1.165) is 21.3 Å². The van der Waals surface area contributed by atoms with Crippen molar-refractivity contribution in [2.75, 3.05) is 5.73 Å². The van der Waals surface area contributed by atoms with E-state index < -0.39 is 11.7 Å². The van der Waals surface area contributed by atoms with Crippen molar-refractivity contribution in [3.05, 3.63) is 58.2 Å². The third-order valence-electron chi connectivity index (χ3n) is 3.44. The summed E-state index contributed by atoms with van der Waals surface area (Å²) in [6.45, 7) is 0. The highest BCUT2D eigenvalue weighted by atomic mass is 79.9. The maximum absolute atomic E-state index is 12.6. The summed E-state index contributed by atoms with van der Waals surface area (Å²) >= 11 is 3.32. The van der Waals surface area contributed by atoms with Gasteiger partial charge >= 0.3 is 6.18 Å². The maximum atomic E-state index is 12.6. The number of aromatic nitrogens is 3. The Kier molecular flexibility index (Phi) is 4.22. The molecule has 9 heteroatoms. The topological polar surface area (TPSA) is 80.5 Å². The fraction of sp³-hybridized carbons (Fsp3) is 0.0625. The average Bonchev–Trinajstić information content (AvgIpc) is 2.91. The number of hydrogen-bond donors (Lipinski definition) is 1. The third kappa shape index (κ3) is 3.21. The Balaban J connectivity index is 2.09. The number of alkyl halides is 3. The number of pyridine rings is 1. The molecule has 0 bridgehead atoms. The number of nitrogens with two attached hydrogens (primary N) is 1. The molecule has 0 unspecified atom stereocenters. The highest BCUT2D eigenvalue weighted by molar-refractivity contribution is 9.10. The minimum atomic E-state index is -4.48. The molecule has 0 saturated carbocycles. The molecule has 3 aromatic rings. The molecule has 0 amide bonds. The van der Waals surface area contributed by atoms with Crippen molar-refractivity contribution >= 4 is 21.7 Å². The van der Waals surface area contributed by atoms with Gasteiger partial charge in [-0.05, 0) is 24.3 Å². The Labute approximate surface area is 148 Å². The Morgan fingerprint density at radius 1 is 1.12 bits per heavy atom. The van der Waals surface area contributed by atoms with Gasteiger partial charge in [0.2, 0.25) is 0 Å². The van der Waals surface area contributed by atoms with Crippen molar-refractivity contribution < 1.29 is 13.2 Å². The molecule has 0 saturated heterocycles. The SMILES string of the molecule is N#Cc1c(-c2ccc(Br)cc2)nn(-c2ccc(C(F)(F)F)cn2)c1N. The molecule has 0 radical (unpaired) electrons. The smallest absolute Gasteiger partial charge is 0.382 e. The van der Waals surface area contributed by atoms with E-state index >= 15 is 0 Å². The Morgan fingerprint density at radius 2 is 1.80 bits per heavy atom. The van der Waals surface area contributed by atoms with E-state index in [9.17, 15) is 18.4 Å². The molecule has 0 fully saturated rings. The van der Waals surface area contributed by atoms with E-state index in [4.69, 9.17) is 5.73 Å². The standard InChI is InChI=1S/C16H9BrF3N5/c17-11-4-1-9(2-5-11)14-12(7-21)15(22)25(24-14)13-6-3-10(8-23-13)16(18,19)20/h1-6,8H,22H2. The van der Waals surface area contributed by atoms with Crippen LogP contribution in [0, 0.1) is 11.3 Å². The highest BCUT2D eigenvalue weighted by Crippen LogP contribution is 2.31. The van der Waals surface area contributed by atoms with Gasteiger partial charge in [0.1, 0.15) is 23.1 Å². The number of nitrogen functional groups attached to an aromatic ring is 1. The van der Waals surface area contributed by atoms with Crippen LogP contribution in [0.3, 0.4) is 0 Å². The van der Waals surface area contributed by atoms with Crippen LogP contribution in [0.15, 0.2) is 47.1 Å². The first-order valence-electron chi connectivity index (χ1n) is 6.89. The fourth-order valence-electron chi connectivity index (χ4n) is 2.20. The Hall–Kier alpha value is -2.86. The quantitative estimate of drug-likeness (QED) is 0.690. The Bertz CT molecular complexity index is 954. The van der Waals surface area contributed by atoms with Gasteiger partial charge in [0, 0.05) is 16.2 Å². The highest BCUT2D eigenvalue weighted by Gasteiger charge is 2.31. The largest absolute Gasteiger partial charge is 0.417 e. The number of hydrogen-bond acceptors (Lipinski definition) is 4. The first kappa shape index (κ1) is 17.0. The van der Waals surface area contributed by atoms with Crippen LogP contribution in [-0.4, -0.2) is 14.8 Å².